The average Bonchev–Trinajstić information content (AvgIpc) is 2.56. The average molecular weight is 339 g/mol. The first kappa shape index (κ1) is 17.6. The summed E-state index contributed by atoms with van der Waals surface area (Å²) in [5.74, 6) is -1.13. The van der Waals surface area contributed by atoms with E-state index in [2.05, 4.69) is 20.4 Å². The molecule has 0 aliphatic carbocycles. The Kier molecular flexibility index (Phi) is 6.67. The number of halogens is 1. The molecule has 0 spiro atoms. The van der Waals surface area contributed by atoms with Crippen LogP contribution in [0, 0.1) is 0 Å². The van der Waals surface area contributed by atoms with E-state index in [-0.39, 0.29) is 0 Å². The molecule has 1 aromatic carbocycles. The van der Waals surface area contributed by atoms with Crippen molar-refractivity contribution >= 4 is 29.1 Å². The van der Waals surface area contributed by atoms with Crippen molar-refractivity contribution in [2.24, 2.45) is 0 Å². The summed E-state index contributed by atoms with van der Waals surface area (Å²) in [6, 6.07) is 7.87. The normalized spacial score (nSPS) is 15.3. The molecular weight excluding hydrogens is 316 g/mol. The minimum atomic E-state index is -0.569. The molecule has 2 rings (SSSR count). The van der Waals surface area contributed by atoms with Crippen LogP contribution < -0.4 is 15.5 Å². The molecule has 1 aromatic rings. The molecule has 126 valence electrons. The van der Waals surface area contributed by atoms with Crippen LogP contribution in [0.15, 0.2) is 24.3 Å². The quantitative estimate of drug-likeness (QED) is 0.776. The second-order valence-corrected chi connectivity index (χ2v) is 5.86. The summed E-state index contributed by atoms with van der Waals surface area (Å²) < 4.78 is 0. The van der Waals surface area contributed by atoms with Crippen molar-refractivity contribution in [3.63, 3.8) is 0 Å². The van der Waals surface area contributed by atoms with Gasteiger partial charge in [-0.3, -0.25) is 14.5 Å². The number of likely N-dealkylation sites (N-methyl/N-ethyl adjacent to an activating group) is 1. The van der Waals surface area contributed by atoms with Gasteiger partial charge < -0.3 is 15.5 Å². The molecular formula is C16H23ClN4O2. The van der Waals surface area contributed by atoms with Gasteiger partial charge in [0.2, 0.25) is 0 Å². The van der Waals surface area contributed by atoms with Crippen molar-refractivity contribution in [2.75, 3.05) is 50.7 Å². The summed E-state index contributed by atoms with van der Waals surface area (Å²) >= 11 is 5.91. The lowest BCUT2D eigenvalue weighted by Gasteiger charge is -2.36. The Bertz CT molecular complexity index is 527. The molecule has 7 heteroatoms. The number of nitrogens with zero attached hydrogens (tertiary/aromatic N) is 2. The van der Waals surface area contributed by atoms with Crippen LogP contribution in [-0.4, -0.2) is 62.5 Å². The molecule has 0 radical (unpaired) electrons. The van der Waals surface area contributed by atoms with E-state index in [0.717, 1.165) is 37.7 Å². The van der Waals surface area contributed by atoms with Gasteiger partial charge in [0, 0.05) is 56.5 Å². The monoisotopic (exact) mass is 338 g/mol. The summed E-state index contributed by atoms with van der Waals surface area (Å²) in [7, 11) is 0. The van der Waals surface area contributed by atoms with Gasteiger partial charge in [-0.05, 0) is 31.2 Å². The standard InChI is InChI=1S/C16H23ClN4O2/c1-2-18-15(22)16(23)19-7-8-20-9-11-21(12-10-20)14-5-3-13(17)4-6-14/h3-6H,2,7-12H2,1H3,(H,18,22)(H,19,23). The third kappa shape index (κ3) is 5.41. The first-order chi connectivity index (χ1) is 11.1. The zero-order valence-electron chi connectivity index (χ0n) is 13.3. The van der Waals surface area contributed by atoms with Gasteiger partial charge in [0.15, 0.2) is 0 Å². The number of benzene rings is 1. The molecule has 1 saturated heterocycles. The molecule has 2 N–H and O–H groups in total. The Morgan fingerprint density at radius 3 is 2.26 bits per heavy atom. The van der Waals surface area contributed by atoms with Crippen LogP contribution >= 0.6 is 11.6 Å². The van der Waals surface area contributed by atoms with E-state index in [0.29, 0.717) is 13.1 Å². The second kappa shape index (κ2) is 8.74. The van der Waals surface area contributed by atoms with E-state index in [1.54, 1.807) is 6.92 Å². The van der Waals surface area contributed by atoms with Gasteiger partial charge in [0.1, 0.15) is 0 Å². The summed E-state index contributed by atoms with van der Waals surface area (Å²) in [6.07, 6.45) is 0. The van der Waals surface area contributed by atoms with Crippen LogP contribution in [0.1, 0.15) is 6.92 Å². The Hall–Kier alpha value is -1.79. The highest BCUT2D eigenvalue weighted by atomic mass is 35.5. The lowest BCUT2D eigenvalue weighted by molar-refractivity contribution is -0.139. The predicted octanol–water partition coefficient (Wildman–Crippen LogP) is 0.714. The first-order valence-corrected chi connectivity index (χ1v) is 8.27. The fraction of sp³-hybridized carbons (Fsp3) is 0.500. The van der Waals surface area contributed by atoms with Crippen LogP contribution in [0.25, 0.3) is 0 Å². The lowest BCUT2D eigenvalue weighted by Crippen LogP contribution is -2.49. The number of nitrogens with one attached hydrogen (secondary N) is 2. The van der Waals surface area contributed by atoms with Gasteiger partial charge in [-0.25, -0.2) is 0 Å². The van der Waals surface area contributed by atoms with E-state index in [9.17, 15) is 9.59 Å². The van der Waals surface area contributed by atoms with Gasteiger partial charge in [0.25, 0.3) is 0 Å². The Labute approximate surface area is 141 Å². The van der Waals surface area contributed by atoms with Crippen molar-refractivity contribution in [1.29, 1.82) is 0 Å². The van der Waals surface area contributed by atoms with E-state index in [4.69, 9.17) is 11.6 Å². The number of carbonyl (C=O) groups excluding carboxylic acids is 2. The van der Waals surface area contributed by atoms with Gasteiger partial charge in [-0.2, -0.15) is 0 Å². The summed E-state index contributed by atoms with van der Waals surface area (Å²) in [6.45, 7) is 7.21. The maximum absolute atomic E-state index is 11.5. The van der Waals surface area contributed by atoms with Crippen molar-refractivity contribution in [2.45, 2.75) is 6.92 Å². The van der Waals surface area contributed by atoms with E-state index in [1.165, 1.54) is 5.69 Å². The SMILES string of the molecule is CCNC(=O)C(=O)NCCN1CCN(c2ccc(Cl)cc2)CC1. The van der Waals surface area contributed by atoms with Gasteiger partial charge in [0.05, 0.1) is 0 Å². The first-order valence-electron chi connectivity index (χ1n) is 7.89. The Morgan fingerprint density at radius 1 is 1.04 bits per heavy atom. The molecule has 6 nitrogen and oxygen atoms in total. The molecule has 1 heterocycles. The van der Waals surface area contributed by atoms with Gasteiger partial charge >= 0.3 is 11.8 Å². The van der Waals surface area contributed by atoms with Crippen molar-refractivity contribution in [3.05, 3.63) is 29.3 Å². The zero-order valence-corrected chi connectivity index (χ0v) is 14.1. The van der Waals surface area contributed by atoms with E-state index in [1.807, 2.05) is 24.3 Å². The third-order valence-corrected chi connectivity index (χ3v) is 4.07. The fourth-order valence-corrected chi connectivity index (χ4v) is 2.66. The maximum Gasteiger partial charge on any atom is 0.309 e. The molecule has 0 aromatic heterocycles. The smallest absolute Gasteiger partial charge is 0.309 e. The minimum absolute atomic E-state index is 0.457. The van der Waals surface area contributed by atoms with Crippen LogP contribution in [-0.2, 0) is 9.59 Å². The molecule has 0 saturated carbocycles. The number of amides is 2. The molecule has 2 amide bonds. The van der Waals surface area contributed by atoms with Crippen LogP contribution in [0.2, 0.25) is 5.02 Å². The fourth-order valence-electron chi connectivity index (χ4n) is 2.53. The predicted molar refractivity (Wildman–Crippen MR) is 91.8 cm³/mol. The highest BCUT2D eigenvalue weighted by Gasteiger charge is 2.17. The molecule has 0 unspecified atom stereocenters. The summed E-state index contributed by atoms with van der Waals surface area (Å²) in [4.78, 5) is 27.4. The maximum atomic E-state index is 11.5. The van der Waals surface area contributed by atoms with Crippen molar-refractivity contribution < 1.29 is 9.59 Å². The van der Waals surface area contributed by atoms with Gasteiger partial charge in [-0.1, -0.05) is 11.6 Å². The summed E-state index contributed by atoms with van der Waals surface area (Å²) in [5.41, 5.74) is 1.18. The van der Waals surface area contributed by atoms with E-state index < -0.39 is 11.8 Å². The number of anilines is 1. The molecule has 1 aliphatic rings. The van der Waals surface area contributed by atoms with Crippen LogP contribution in [0.5, 0.6) is 0 Å². The lowest BCUT2D eigenvalue weighted by atomic mass is 10.2. The van der Waals surface area contributed by atoms with Gasteiger partial charge in [-0.15, -0.1) is 0 Å². The van der Waals surface area contributed by atoms with Crippen molar-refractivity contribution in [1.82, 2.24) is 15.5 Å². The number of rotatable bonds is 5. The number of hydrogen-bond donors (Lipinski definition) is 2. The number of carbonyl (C=O) groups is 2. The topological polar surface area (TPSA) is 64.7 Å². The molecule has 1 aliphatic heterocycles. The van der Waals surface area contributed by atoms with E-state index >= 15 is 0 Å². The zero-order chi connectivity index (χ0) is 16.7. The third-order valence-electron chi connectivity index (χ3n) is 3.82. The second-order valence-electron chi connectivity index (χ2n) is 5.42. The molecule has 1 fully saturated rings. The highest BCUT2D eigenvalue weighted by molar-refractivity contribution is 6.35. The summed E-state index contributed by atoms with van der Waals surface area (Å²) in [5, 5.41) is 5.87. The van der Waals surface area contributed by atoms with Crippen LogP contribution in [0.4, 0.5) is 5.69 Å². The molecule has 0 atom stereocenters. The van der Waals surface area contributed by atoms with Crippen LogP contribution in [0.3, 0.4) is 0 Å². The molecule has 23 heavy (non-hydrogen) atoms. The van der Waals surface area contributed by atoms with Crippen molar-refractivity contribution in [3.8, 4) is 0 Å². The largest absolute Gasteiger partial charge is 0.369 e. The highest BCUT2D eigenvalue weighted by Crippen LogP contribution is 2.19. The Morgan fingerprint density at radius 2 is 1.65 bits per heavy atom. The minimum Gasteiger partial charge on any atom is -0.369 e. The Balaban J connectivity index is 1.68. The number of hydrogen-bond acceptors (Lipinski definition) is 4. The molecule has 0 bridgehead atoms. The number of piperazine rings is 1.